The Morgan fingerprint density at radius 1 is 1.14 bits per heavy atom. The van der Waals surface area contributed by atoms with Crippen LogP contribution in [0.3, 0.4) is 0 Å². The zero-order chi connectivity index (χ0) is 15.1. The minimum atomic E-state index is -0.483. The molecule has 1 aromatic carbocycles. The minimum Gasteiger partial charge on any atom is -0.380 e. The maximum Gasteiger partial charge on any atom is 0.204 e. The maximum absolute atomic E-state index is 5.53. The lowest BCUT2D eigenvalue weighted by atomic mass is 10.2. The highest BCUT2D eigenvalue weighted by atomic mass is 16.7. The first kappa shape index (κ1) is 15.6. The summed E-state index contributed by atoms with van der Waals surface area (Å²) in [5.74, 6) is 0. The van der Waals surface area contributed by atoms with Crippen LogP contribution < -0.4 is 0 Å². The van der Waals surface area contributed by atoms with Crippen molar-refractivity contribution in [3.63, 3.8) is 0 Å². The molecule has 0 spiro atoms. The first-order valence-electron chi connectivity index (χ1n) is 7.02. The first-order valence-corrected chi connectivity index (χ1v) is 7.02. The Morgan fingerprint density at radius 3 is 2.52 bits per heavy atom. The lowest BCUT2D eigenvalue weighted by Crippen LogP contribution is -2.09. The van der Waals surface area contributed by atoms with Crippen molar-refractivity contribution in [2.75, 3.05) is 20.3 Å². The van der Waals surface area contributed by atoms with Crippen molar-refractivity contribution in [1.82, 2.24) is 15.0 Å². The third kappa shape index (κ3) is 3.87. The molecule has 0 amide bonds. The molecule has 6 nitrogen and oxygen atoms in total. The molecule has 2 aromatic rings. The lowest BCUT2D eigenvalue weighted by Gasteiger charge is -2.13. The quantitative estimate of drug-likeness (QED) is 0.699. The smallest absolute Gasteiger partial charge is 0.204 e. The number of rotatable bonds is 8. The number of methoxy groups -OCH3 is 1. The Bertz CT molecular complexity index is 551. The Morgan fingerprint density at radius 2 is 1.86 bits per heavy atom. The van der Waals surface area contributed by atoms with Crippen LogP contribution in [0.15, 0.2) is 30.5 Å². The number of hydrogen-bond acceptors (Lipinski definition) is 5. The van der Waals surface area contributed by atoms with Crippen molar-refractivity contribution in [2.45, 2.75) is 26.7 Å². The molecule has 0 aliphatic carbocycles. The Labute approximate surface area is 124 Å². The monoisotopic (exact) mass is 291 g/mol. The molecule has 0 fully saturated rings. The van der Waals surface area contributed by atoms with Crippen LogP contribution in [0.25, 0.3) is 5.69 Å². The summed E-state index contributed by atoms with van der Waals surface area (Å²) >= 11 is 0. The summed E-state index contributed by atoms with van der Waals surface area (Å²) in [4.78, 5) is 0. The summed E-state index contributed by atoms with van der Waals surface area (Å²) in [6.07, 6.45) is 1.34. The molecule has 114 valence electrons. The van der Waals surface area contributed by atoms with E-state index in [1.807, 2.05) is 44.3 Å². The van der Waals surface area contributed by atoms with Crippen LogP contribution in [0.5, 0.6) is 0 Å². The third-order valence-electron chi connectivity index (χ3n) is 2.93. The number of hydrogen-bond donors (Lipinski definition) is 0. The molecular formula is C15H21N3O3. The molecule has 0 N–H and O–H groups in total. The second-order valence-electron chi connectivity index (χ2n) is 4.39. The molecule has 2 rings (SSSR count). The van der Waals surface area contributed by atoms with Gasteiger partial charge >= 0.3 is 0 Å². The van der Waals surface area contributed by atoms with Gasteiger partial charge in [0.25, 0.3) is 0 Å². The van der Waals surface area contributed by atoms with Crippen molar-refractivity contribution in [3.05, 3.63) is 41.7 Å². The van der Waals surface area contributed by atoms with Crippen LogP contribution >= 0.6 is 0 Å². The molecule has 1 heterocycles. The predicted octanol–water partition coefficient (Wildman–Crippen LogP) is 2.49. The summed E-state index contributed by atoms with van der Waals surface area (Å²) in [5, 5.41) is 8.32. The first-order chi connectivity index (χ1) is 10.3. The molecule has 0 saturated heterocycles. The SMILES string of the molecule is CCOC(OCC)c1cn(-c2ccccc2COC)nn1. The fourth-order valence-corrected chi connectivity index (χ4v) is 2.04. The molecule has 0 radical (unpaired) electrons. The largest absolute Gasteiger partial charge is 0.380 e. The average Bonchev–Trinajstić information content (AvgIpc) is 2.97. The van der Waals surface area contributed by atoms with Crippen molar-refractivity contribution >= 4 is 0 Å². The van der Waals surface area contributed by atoms with Gasteiger partial charge in [-0.15, -0.1) is 5.10 Å². The Kier molecular flexibility index (Phi) is 5.86. The zero-order valence-corrected chi connectivity index (χ0v) is 12.7. The van der Waals surface area contributed by atoms with E-state index in [-0.39, 0.29) is 0 Å². The molecular weight excluding hydrogens is 270 g/mol. The van der Waals surface area contributed by atoms with Gasteiger partial charge in [-0.1, -0.05) is 23.4 Å². The van der Waals surface area contributed by atoms with Crippen molar-refractivity contribution in [1.29, 1.82) is 0 Å². The van der Waals surface area contributed by atoms with E-state index in [0.29, 0.717) is 25.5 Å². The topological polar surface area (TPSA) is 58.4 Å². The van der Waals surface area contributed by atoms with Gasteiger partial charge in [-0.2, -0.15) is 0 Å². The standard InChI is InChI=1S/C15H21N3O3/c1-4-20-15(21-5-2)13-10-18(17-16-13)14-9-7-6-8-12(14)11-19-3/h6-10,15H,4-5,11H2,1-3H3. The minimum absolute atomic E-state index is 0.483. The normalized spacial score (nSPS) is 11.2. The van der Waals surface area contributed by atoms with Crippen molar-refractivity contribution in [3.8, 4) is 5.69 Å². The fourth-order valence-electron chi connectivity index (χ4n) is 2.04. The van der Waals surface area contributed by atoms with Crippen LogP contribution in [0.1, 0.15) is 31.4 Å². The summed E-state index contributed by atoms with van der Waals surface area (Å²) < 4.78 is 18.0. The van der Waals surface area contributed by atoms with Crippen molar-refractivity contribution < 1.29 is 14.2 Å². The van der Waals surface area contributed by atoms with E-state index in [4.69, 9.17) is 14.2 Å². The van der Waals surface area contributed by atoms with Gasteiger partial charge < -0.3 is 14.2 Å². The number of benzene rings is 1. The highest BCUT2D eigenvalue weighted by molar-refractivity contribution is 5.39. The molecule has 0 aliphatic rings. The van der Waals surface area contributed by atoms with E-state index in [2.05, 4.69) is 10.3 Å². The second-order valence-corrected chi connectivity index (χ2v) is 4.39. The summed E-state index contributed by atoms with van der Waals surface area (Å²) in [7, 11) is 1.67. The number of nitrogens with zero attached hydrogens (tertiary/aromatic N) is 3. The van der Waals surface area contributed by atoms with Gasteiger partial charge in [-0.05, 0) is 19.9 Å². The molecule has 21 heavy (non-hydrogen) atoms. The van der Waals surface area contributed by atoms with E-state index in [1.165, 1.54) is 0 Å². The molecule has 0 aliphatic heterocycles. The molecule has 0 unspecified atom stereocenters. The number of para-hydroxylation sites is 1. The van der Waals surface area contributed by atoms with E-state index < -0.39 is 6.29 Å². The van der Waals surface area contributed by atoms with Gasteiger partial charge in [0.05, 0.1) is 18.5 Å². The third-order valence-corrected chi connectivity index (χ3v) is 2.93. The van der Waals surface area contributed by atoms with Gasteiger partial charge in [0.2, 0.25) is 6.29 Å². The number of aromatic nitrogens is 3. The van der Waals surface area contributed by atoms with Gasteiger partial charge in [0.1, 0.15) is 5.69 Å². The van der Waals surface area contributed by atoms with Gasteiger partial charge in [0.15, 0.2) is 0 Å². The highest BCUT2D eigenvalue weighted by Gasteiger charge is 2.16. The Hall–Kier alpha value is -1.76. The summed E-state index contributed by atoms with van der Waals surface area (Å²) in [6.45, 7) is 5.47. The highest BCUT2D eigenvalue weighted by Crippen LogP contribution is 2.19. The van der Waals surface area contributed by atoms with Crippen LogP contribution in [0.2, 0.25) is 0 Å². The molecule has 1 aromatic heterocycles. The van der Waals surface area contributed by atoms with Crippen LogP contribution in [0.4, 0.5) is 0 Å². The van der Waals surface area contributed by atoms with E-state index in [9.17, 15) is 0 Å². The van der Waals surface area contributed by atoms with Crippen LogP contribution in [-0.2, 0) is 20.8 Å². The van der Waals surface area contributed by atoms with E-state index >= 15 is 0 Å². The maximum atomic E-state index is 5.53. The van der Waals surface area contributed by atoms with E-state index in [1.54, 1.807) is 11.8 Å². The fraction of sp³-hybridized carbons (Fsp3) is 0.467. The molecule has 0 atom stereocenters. The van der Waals surface area contributed by atoms with Crippen molar-refractivity contribution in [2.24, 2.45) is 0 Å². The second kappa shape index (κ2) is 7.87. The predicted molar refractivity (Wildman–Crippen MR) is 78.1 cm³/mol. The van der Waals surface area contributed by atoms with E-state index in [0.717, 1.165) is 11.3 Å². The Balaban J connectivity index is 2.26. The molecule has 0 saturated carbocycles. The summed E-state index contributed by atoms with van der Waals surface area (Å²) in [6, 6.07) is 7.91. The van der Waals surface area contributed by atoms with Gasteiger partial charge in [-0.25, -0.2) is 4.68 Å². The van der Waals surface area contributed by atoms with Crippen LogP contribution in [-0.4, -0.2) is 35.3 Å². The zero-order valence-electron chi connectivity index (χ0n) is 12.7. The number of ether oxygens (including phenoxy) is 3. The molecule has 6 heteroatoms. The average molecular weight is 291 g/mol. The van der Waals surface area contributed by atoms with Gasteiger partial charge in [0, 0.05) is 25.9 Å². The summed E-state index contributed by atoms with van der Waals surface area (Å²) in [5.41, 5.74) is 2.64. The lowest BCUT2D eigenvalue weighted by molar-refractivity contribution is -0.142. The van der Waals surface area contributed by atoms with Gasteiger partial charge in [-0.3, -0.25) is 0 Å². The molecule has 0 bridgehead atoms. The van der Waals surface area contributed by atoms with Crippen LogP contribution in [0, 0.1) is 0 Å².